The summed E-state index contributed by atoms with van der Waals surface area (Å²) in [5.41, 5.74) is 0.622. The highest BCUT2D eigenvalue weighted by Gasteiger charge is 2.39. The molecule has 2 heterocycles. The number of piperidine rings is 1. The standard InChI is InChI=1S/C18H18ClN3O2/c19-14-2-1-7-20-18(14)24-13-5-3-12(4-6-13)17(23)22-16-9-11-8-15(16)21-10-11/h1-7,11,15-16,21H,8-10H2,(H,22,23). The highest BCUT2D eigenvalue weighted by molar-refractivity contribution is 6.31. The van der Waals surface area contributed by atoms with Gasteiger partial charge in [0.25, 0.3) is 5.91 Å². The number of nitrogens with one attached hydrogen (secondary N) is 2. The number of amides is 1. The average molecular weight is 344 g/mol. The summed E-state index contributed by atoms with van der Waals surface area (Å²) in [5, 5.41) is 7.03. The summed E-state index contributed by atoms with van der Waals surface area (Å²) in [6, 6.07) is 11.1. The van der Waals surface area contributed by atoms with Gasteiger partial charge in [0.05, 0.1) is 0 Å². The van der Waals surface area contributed by atoms with Gasteiger partial charge in [0, 0.05) is 23.8 Å². The van der Waals surface area contributed by atoms with Gasteiger partial charge in [-0.2, -0.15) is 0 Å². The first kappa shape index (κ1) is 15.4. The summed E-state index contributed by atoms with van der Waals surface area (Å²) in [6.07, 6.45) is 3.86. The second kappa shape index (κ2) is 6.42. The van der Waals surface area contributed by atoms with Crippen molar-refractivity contribution in [3.63, 3.8) is 0 Å². The molecule has 1 aromatic carbocycles. The first-order valence-corrected chi connectivity index (χ1v) is 8.49. The Labute approximate surface area is 145 Å². The first-order chi connectivity index (χ1) is 11.7. The van der Waals surface area contributed by atoms with E-state index in [1.165, 1.54) is 6.42 Å². The Bertz CT molecular complexity index is 750. The molecular formula is C18H18ClN3O2. The lowest BCUT2D eigenvalue weighted by molar-refractivity contribution is 0.0928. The topological polar surface area (TPSA) is 63.2 Å². The van der Waals surface area contributed by atoms with Gasteiger partial charge in [-0.3, -0.25) is 4.79 Å². The Morgan fingerprint density at radius 2 is 2.08 bits per heavy atom. The largest absolute Gasteiger partial charge is 0.438 e. The number of ether oxygens (including phenoxy) is 1. The predicted molar refractivity (Wildman–Crippen MR) is 91.5 cm³/mol. The molecule has 6 heteroatoms. The van der Waals surface area contributed by atoms with Gasteiger partial charge >= 0.3 is 0 Å². The van der Waals surface area contributed by atoms with Crippen molar-refractivity contribution in [2.75, 3.05) is 6.54 Å². The Balaban J connectivity index is 1.40. The number of pyridine rings is 1. The van der Waals surface area contributed by atoms with Crippen LogP contribution in [0.5, 0.6) is 11.6 Å². The maximum Gasteiger partial charge on any atom is 0.251 e. The van der Waals surface area contributed by atoms with Crippen molar-refractivity contribution in [3.05, 3.63) is 53.2 Å². The van der Waals surface area contributed by atoms with E-state index in [0.29, 0.717) is 34.2 Å². The van der Waals surface area contributed by atoms with Crippen molar-refractivity contribution in [1.29, 1.82) is 0 Å². The van der Waals surface area contributed by atoms with Crippen LogP contribution in [0, 0.1) is 5.92 Å². The molecule has 1 saturated heterocycles. The number of rotatable bonds is 4. The van der Waals surface area contributed by atoms with E-state index >= 15 is 0 Å². The minimum Gasteiger partial charge on any atom is -0.438 e. The fourth-order valence-electron chi connectivity index (χ4n) is 3.50. The van der Waals surface area contributed by atoms with Crippen molar-refractivity contribution in [2.45, 2.75) is 24.9 Å². The molecule has 5 nitrogen and oxygen atoms in total. The fourth-order valence-corrected chi connectivity index (χ4v) is 3.66. The van der Waals surface area contributed by atoms with E-state index in [2.05, 4.69) is 15.6 Å². The molecule has 0 spiro atoms. The lowest BCUT2D eigenvalue weighted by atomic mass is 10.1. The monoisotopic (exact) mass is 343 g/mol. The number of carbonyl (C=O) groups is 1. The van der Waals surface area contributed by atoms with E-state index in [1.807, 2.05) is 0 Å². The van der Waals surface area contributed by atoms with Gasteiger partial charge in [-0.15, -0.1) is 0 Å². The normalized spacial score (nSPS) is 24.8. The van der Waals surface area contributed by atoms with Crippen LogP contribution >= 0.6 is 11.6 Å². The molecule has 1 amide bonds. The number of carbonyl (C=O) groups excluding carboxylic acids is 1. The SMILES string of the molecule is O=C(NC1CC2CNC1C2)c1ccc(Oc2ncccc2Cl)cc1. The third-order valence-corrected chi connectivity index (χ3v) is 4.99. The molecule has 1 saturated carbocycles. The number of aromatic nitrogens is 1. The van der Waals surface area contributed by atoms with Gasteiger partial charge in [-0.05, 0) is 61.7 Å². The smallest absolute Gasteiger partial charge is 0.251 e. The summed E-state index contributed by atoms with van der Waals surface area (Å²) in [7, 11) is 0. The molecule has 1 aliphatic carbocycles. The number of benzene rings is 1. The van der Waals surface area contributed by atoms with Crippen LogP contribution in [-0.2, 0) is 0 Å². The highest BCUT2D eigenvalue weighted by atomic mass is 35.5. The maximum atomic E-state index is 12.4. The fraction of sp³-hybridized carbons (Fsp3) is 0.333. The molecule has 2 aliphatic rings. The van der Waals surface area contributed by atoms with Crippen LogP contribution in [0.4, 0.5) is 0 Å². The molecule has 2 fully saturated rings. The van der Waals surface area contributed by atoms with Gasteiger partial charge in [0.1, 0.15) is 10.8 Å². The van der Waals surface area contributed by atoms with Gasteiger partial charge in [0.15, 0.2) is 0 Å². The molecule has 3 atom stereocenters. The van der Waals surface area contributed by atoms with Crippen LogP contribution < -0.4 is 15.4 Å². The summed E-state index contributed by atoms with van der Waals surface area (Å²) >= 11 is 6.02. The molecule has 2 aromatic rings. The molecular weight excluding hydrogens is 326 g/mol. The lowest BCUT2D eigenvalue weighted by Crippen LogP contribution is -2.47. The van der Waals surface area contributed by atoms with Crippen molar-refractivity contribution in [1.82, 2.24) is 15.6 Å². The summed E-state index contributed by atoms with van der Waals surface area (Å²) in [6.45, 7) is 1.08. The second-order valence-corrected chi connectivity index (χ2v) is 6.76. The number of fused-ring (bicyclic) bond motifs is 2. The van der Waals surface area contributed by atoms with E-state index in [4.69, 9.17) is 16.3 Å². The molecule has 3 unspecified atom stereocenters. The van der Waals surface area contributed by atoms with Crippen LogP contribution in [0.3, 0.4) is 0 Å². The third kappa shape index (κ3) is 3.09. The zero-order valence-electron chi connectivity index (χ0n) is 13.0. The van der Waals surface area contributed by atoms with Gasteiger partial charge in [-0.1, -0.05) is 11.6 Å². The van der Waals surface area contributed by atoms with Crippen LogP contribution in [0.2, 0.25) is 5.02 Å². The van der Waals surface area contributed by atoms with Crippen LogP contribution in [-0.4, -0.2) is 29.5 Å². The zero-order valence-corrected chi connectivity index (χ0v) is 13.8. The zero-order chi connectivity index (χ0) is 16.5. The van der Waals surface area contributed by atoms with E-state index in [-0.39, 0.29) is 11.9 Å². The lowest BCUT2D eigenvalue weighted by Gasteiger charge is -2.24. The Morgan fingerprint density at radius 3 is 2.75 bits per heavy atom. The Kier molecular flexibility index (Phi) is 4.12. The molecule has 4 rings (SSSR count). The van der Waals surface area contributed by atoms with Crippen LogP contribution in [0.15, 0.2) is 42.6 Å². The van der Waals surface area contributed by atoms with Crippen molar-refractivity contribution in [3.8, 4) is 11.6 Å². The number of hydrogen-bond acceptors (Lipinski definition) is 4. The number of nitrogens with zero attached hydrogens (tertiary/aromatic N) is 1. The molecule has 1 aliphatic heterocycles. The quantitative estimate of drug-likeness (QED) is 0.895. The minimum absolute atomic E-state index is 0.0447. The van der Waals surface area contributed by atoms with E-state index in [0.717, 1.165) is 13.0 Å². The van der Waals surface area contributed by atoms with Crippen LogP contribution in [0.1, 0.15) is 23.2 Å². The van der Waals surface area contributed by atoms with Gasteiger partial charge in [0.2, 0.25) is 5.88 Å². The van der Waals surface area contributed by atoms with Crippen molar-refractivity contribution in [2.24, 2.45) is 5.92 Å². The van der Waals surface area contributed by atoms with Crippen molar-refractivity contribution < 1.29 is 9.53 Å². The Hall–Kier alpha value is -2.11. The van der Waals surface area contributed by atoms with E-state index < -0.39 is 0 Å². The molecule has 2 N–H and O–H groups in total. The summed E-state index contributed by atoms with van der Waals surface area (Å²) in [5.74, 6) is 1.61. The highest BCUT2D eigenvalue weighted by Crippen LogP contribution is 2.31. The summed E-state index contributed by atoms with van der Waals surface area (Å²) < 4.78 is 5.63. The molecule has 2 bridgehead atoms. The second-order valence-electron chi connectivity index (χ2n) is 6.35. The van der Waals surface area contributed by atoms with Gasteiger partial charge < -0.3 is 15.4 Å². The minimum atomic E-state index is -0.0447. The average Bonchev–Trinajstić information content (AvgIpc) is 3.20. The predicted octanol–water partition coefficient (Wildman–Crippen LogP) is 3.01. The summed E-state index contributed by atoms with van der Waals surface area (Å²) in [4.78, 5) is 16.5. The van der Waals surface area contributed by atoms with E-state index in [1.54, 1.807) is 42.6 Å². The molecule has 1 aromatic heterocycles. The maximum absolute atomic E-state index is 12.4. The van der Waals surface area contributed by atoms with E-state index in [9.17, 15) is 4.79 Å². The Morgan fingerprint density at radius 1 is 1.25 bits per heavy atom. The number of halogens is 1. The first-order valence-electron chi connectivity index (χ1n) is 8.12. The molecule has 24 heavy (non-hydrogen) atoms. The number of hydrogen-bond donors (Lipinski definition) is 2. The van der Waals surface area contributed by atoms with Crippen LogP contribution in [0.25, 0.3) is 0 Å². The third-order valence-electron chi connectivity index (χ3n) is 4.70. The molecule has 0 radical (unpaired) electrons. The van der Waals surface area contributed by atoms with Gasteiger partial charge in [-0.25, -0.2) is 4.98 Å². The molecule has 124 valence electrons. The van der Waals surface area contributed by atoms with Crippen molar-refractivity contribution >= 4 is 17.5 Å².